The molecule has 3 nitrogen and oxygen atoms in total. The van der Waals surface area contributed by atoms with E-state index in [1.54, 1.807) is 6.08 Å². The second kappa shape index (κ2) is 8.12. The molecule has 0 aliphatic heterocycles. The van der Waals surface area contributed by atoms with Gasteiger partial charge in [-0.05, 0) is 35.6 Å². The molecule has 1 aromatic rings. The average molecular weight is 281 g/mol. The molecule has 0 amide bonds. The zero-order valence-electron chi connectivity index (χ0n) is 13.3. The van der Waals surface area contributed by atoms with Gasteiger partial charge in [-0.3, -0.25) is 0 Å². The molecule has 0 saturated carbocycles. The third-order valence-electron chi connectivity index (χ3n) is 2.98. The van der Waals surface area contributed by atoms with Crippen LogP contribution in [-0.2, 0) is 0 Å². The highest BCUT2D eigenvalue weighted by molar-refractivity contribution is 5.64. The summed E-state index contributed by atoms with van der Waals surface area (Å²) in [5.41, 5.74) is 2.19. The molecule has 0 aromatic heterocycles. The summed E-state index contributed by atoms with van der Waals surface area (Å²) in [4.78, 5) is 2.39. The molecular formula is C18H23N3. The number of nitrogens with zero attached hydrogens (tertiary/aromatic N) is 3. The molecule has 1 rings (SSSR count). The van der Waals surface area contributed by atoms with Gasteiger partial charge in [0.1, 0.15) is 17.7 Å². The van der Waals surface area contributed by atoms with Gasteiger partial charge in [-0.15, -0.1) is 0 Å². The summed E-state index contributed by atoms with van der Waals surface area (Å²) in [7, 11) is 0. The lowest BCUT2D eigenvalue weighted by atomic mass is 10.1. The second-order valence-electron chi connectivity index (χ2n) is 6.07. The second-order valence-corrected chi connectivity index (χ2v) is 6.07. The van der Waals surface area contributed by atoms with E-state index in [0.717, 1.165) is 18.7 Å². The van der Waals surface area contributed by atoms with Crippen LogP contribution in [0.15, 0.2) is 29.8 Å². The number of nitriles is 2. The molecular weight excluding hydrogens is 258 g/mol. The normalized spacial score (nSPS) is 10.1. The van der Waals surface area contributed by atoms with Gasteiger partial charge >= 0.3 is 0 Å². The van der Waals surface area contributed by atoms with Gasteiger partial charge in [0.05, 0.1) is 0 Å². The van der Waals surface area contributed by atoms with Crippen molar-refractivity contribution in [2.24, 2.45) is 11.8 Å². The van der Waals surface area contributed by atoms with Crippen LogP contribution in [0.25, 0.3) is 6.08 Å². The van der Waals surface area contributed by atoms with E-state index in [-0.39, 0.29) is 5.57 Å². The van der Waals surface area contributed by atoms with E-state index in [4.69, 9.17) is 10.5 Å². The van der Waals surface area contributed by atoms with Gasteiger partial charge in [0.2, 0.25) is 0 Å². The molecule has 0 atom stereocenters. The van der Waals surface area contributed by atoms with Gasteiger partial charge in [-0.2, -0.15) is 10.5 Å². The summed E-state index contributed by atoms with van der Waals surface area (Å²) >= 11 is 0. The predicted molar refractivity (Wildman–Crippen MR) is 87.5 cm³/mol. The predicted octanol–water partition coefficient (Wildman–Crippen LogP) is 4.24. The summed E-state index contributed by atoms with van der Waals surface area (Å²) in [6, 6.07) is 11.8. The fourth-order valence-corrected chi connectivity index (χ4v) is 2.20. The number of rotatable bonds is 6. The molecule has 0 aliphatic rings. The average Bonchev–Trinajstić information content (AvgIpc) is 2.43. The quantitative estimate of drug-likeness (QED) is 0.733. The van der Waals surface area contributed by atoms with Gasteiger partial charge < -0.3 is 4.90 Å². The van der Waals surface area contributed by atoms with Crippen LogP contribution in [0.1, 0.15) is 33.3 Å². The topological polar surface area (TPSA) is 50.8 Å². The maximum atomic E-state index is 8.78. The SMILES string of the molecule is CC(C)CN(CC(C)C)c1ccc(C=C(C#N)C#N)cc1. The summed E-state index contributed by atoms with van der Waals surface area (Å²) in [6.45, 7) is 10.9. The van der Waals surface area contributed by atoms with Crippen molar-refractivity contribution in [3.8, 4) is 12.1 Å². The van der Waals surface area contributed by atoms with Gasteiger partial charge in [-0.25, -0.2) is 0 Å². The Morgan fingerprint density at radius 1 is 1.00 bits per heavy atom. The Hall–Kier alpha value is -2.26. The van der Waals surface area contributed by atoms with E-state index >= 15 is 0 Å². The van der Waals surface area contributed by atoms with E-state index in [1.165, 1.54) is 5.69 Å². The first-order chi connectivity index (χ1) is 9.96. The van der Waals surface area contributed by atoms with Crippen LogP contribution in [0.2, 0.25) is 0 Å². The summed E-state index contributed by atoms with van der Waals surface area (Å²) in [5, 5.41) is 17.6. The molecule has 110 valence electrons. The van der Waals surface area contributed by atoms with Gasteiger partial charge in [0, 0.05) is 18.8 Å². The molecule has 21 heavy (non-hydrogen) atoms. The van der Waals surface area contributed by atoms with Crippen LogP contribution in [0.5, 0.6) is 0 Å². The summed E-state index contributed by atoms with van der Waals surface area (Å²) < 4.78 is 0. The molecule has 0 spiro atoms. The Balaban J connectivity index is 2.95. The molecule has 0 heterocycles. The smallest absolute Gasteiger partial charge is 0.130 e. The highest BCUT2D eigenvalue weighted by Gasteiger charge is 2.10. The molecule has 3 heteroatoms. The number of benzene rings is 1. The third kappa shape index (κ3) is 5.71. The lowest BCUT2D eigenvalue weighted by molar-refractivity contribution is 0.553. The highest BCUT2D eigenvalue weighted by atomic mass is 15.1. The zero-order chi connectivity index (χ0) is 15.8. The largest absolute Gasteiger partial charge is 0.371 e. The van der Waals surface area contributed by atoms with Crippen LogP contribution in [0.4, 0.5) is 5.69 Å². The lowest BCUT2D eigenvalue weighted by Crippen LogP contribution is -2.31. The van der Waals surface area contributed by atoms with Crippen LogP contribution in [0.3, 0.4) is 0 Å². The molecule has 1 aromatic carbocycles. The van der Waals surface area contributed by atoms with Crippen LogP contribution in [0, 0.1) is 34.5 Å². The molecule has 0 radical (unpaired) electrons. The Kier molecular flexibility index (Phi) is 6.50. The first-order valence-corrected chi connectivity index (χ1v) is 7.33. The molecule has 0 N–H and O–H groups in total. The Labute approximate surface area is 128 Å². The van der Waals surface area contributed by atoms with E-state index in [2.05, 4.69) is 44.7 Å². The van der Waals surface area contributed by atoms with Crippen molar-refractivity contribution in [1.82, 2.24) is 0 Å². The van der Waals surface area contributed by atoms with Crippen LogP contribution >= 0.6 is 0 Å². The first kappa shape index (κ1) is 16.8. The minimum Gasteiger partial charge on any atom is -0.371 e. The number of anilines is 1. The summed E-state index contributed by atoms with van der Waals surface area (Å²) in [6.07, 6.45) is 1.61. The lowest BCUT2D eigenvalue weighted by Gasteiger charge is -2.28. The number of hydrogen-bond donors (Lipinski definition) is 0. The highest BCUT2D eigenvalue weighted by Crippen LogP contribution is 2.19. The van der Waals surface area contributed by atoms with Gasteiger partial charge in [0.25, 0.3) is 0 Å². The van der Waals surface area contributed by atoms with Crippen molar-refractivity contribution in [1.29, 1.82) is 10.5 Å². The molecule has 0 bridgehead atoms. The molecule has 0 unspecified atom stereocenters. The van der Waals surface area contributed by atoms with Crippen molar-refractivity contribution in [3.05, 3.63) is 35.4 Å². The standard InChI is InChI=1S/C18H23N3/c1-14(2)12-21(13-15(3)4)18-7-5-16(6-8-18)9-17(10-19)11-20/h5-9,14-15H,12-13H2,1-4H3. The Bertz CT molecular complexity index is 528. The van der Waals surface area contributed by atoms with E-state index in [1.807, 2.05) is 24.3 Å². The molecule has 0 aliphatic carbocycles. The monoisotopic (exact) mass is 281 g/mol. The maximum absolute atomic E-state index is 8.78. The van der Waals surface area contributed by atoms with Crippen molar-refractivity contribution in [2.75, 3.05) is 18.0 Å². The Morgan fingerprint density at radius 2 is 1.48 bits per heavy atom. The first-order valence-electron chi connectivity index (χ1n) is 7.33. The van der Waals surface area contributed by atoms with Gasteiger partial charge in [0.15, 0.2) is 0 Å². The van der Waals surface area contributed by atoms with E-state index in [0.29, 0.717) is 11.8 Å². The zero-order valence-corrected chi connectivity index (χ0v) is 13.3. The van der Waals surface area contributed by atoms with E-state index < -0.39 is 0 Å². The minimum absolute atomic E-state index is 0.129. The minimum atomic E-state index is 0.129. The summed E-state index contributed by atoms with van der Waals surface area (Å²) in [5.74, 6) is 1.21. The van der Waals surface area contributed by atoms with Crippen LogP contribution < -0.4 is 4.90 Å². The molecule has 0 saturated heterocycles. The van der Waals surface area contributed by atoms with Crippen molar-refractivity contribution in [2.45, 2.75) is 27.7 Å². The third-order valence-corrected chi connectivity index (χ3v) is 2.98. The van der Waals surface area contributed by atoms with Crippen molar-refractivity contribution < 1.29 is 0 Å². The van der Waals surface area contributed by atoms with Crippen molar-refractivity contribution in [3.63, 3.8) is 0 Å². The fraction of sp³-hybridized carbons (Fsp3) is 0.444. The maximum Gasteiger partial charge on any atom is 0.130 e. The van der Waals surface area contributed by atoms with Crippen molar-refractivity contribution >= 4 is 11.8 Å². The van der Waals surface area contributed by atoms with Gasteiger partial charge in [-0.1, -0.05) is 39.8 Å². The van der Waals surface area contributed by atoms with Crippen LogP contribution in [-0.4, -0.2) is 13.1 Å². The Morgan fingerprint density at radius 3 is 1.86 bits per heavy atom. The van der Waals surface area contributed by atoms with E-state index in [9.17, 15) is 0 Å². The number of allylic oxidation sites excluding steroid dienone is 1. The number of hydrogen-bond acceptors (Lipinski definition) is 3. The molecule has 0 fully saturated rings. The fourth-order valence-electron chi connectivity index (χ4n) is 2.20.